The zero-order chi connectivity index (χ0) is 37.5. The molecule has 6 rings (SSSR count). The maximum atomic E-state index is 6.69. The van der Waals surface area contributed by atoms with Crippen molar-refractivity contribution in [2.24, 2.45) is 10.9 Å². The molecule has 5 unspecified atom stereocenters. The van der Waals surface area contributed by atoms with Crippen LogP contribution in [0.25, 0.3) is 16.8 Å². The van der Waals surface area contributed by atoms with Crippen molar-refractivity contribution < 1.29 is 13.9 Å². The van der Waals surface area contributed by atoms with E-state index in [1.165, 1.54) is 44.6 Å². The Morgan fingerprint density at radius 1 is 0.904 bits per heavy atom. The number of benzene rings is 2. The van der Waals surface area contributed by atoms with Crippen LogP contribution < -0.4 is 9.13 Å². The van der Waals surface area contributed by atoms with Crippen molar-refractivity contribution in [1.82, 2.24) is 0 Å². The molecule has 0 saturated carbocycles. The van der Waals surface area contributed by atoms with E-state index in [9.17, 15) is 0 Å². The van der Waals surface area contributed by atoms with E-state index >= 15 is 0 Å². The van der Waals surface area contributed by atoms with Crippen LogP contribution in [0.15, 0.2) is 121 Å². The molecule has 5 atom stereocenters. The van der Waals surface area contributed by atoms with Crippen molar-refractivity contribution >= 4 is 11.5 Å². The van der Waals surface area contributed by atoms with Crippen LogP contribution >= 0.6 is 0 Å². The van der Waals surface area contributed by atoms with Gasteiger partial charge in [-0.15, -0.1) is 6.58 Å². The number of nitrogens with zero attached hydrogens (tertiary/aromatic N) is 3. The third kappa shape index (κ3) is 6.85. The predicted octanol–water partition coefficient (Wildman–Crippen LogP) is 11.3. The van der Waals surface area contributed by atoms with Gasteiger partial charge in [-0.3, -0.25) is 4.99 Å². The molecule has 0 fully saturated rings. The Morgan fingerprint density at radius 2 is 1.62 bits per heavy atom. The Hall–Kier alpha value is -4.57. The summed E-state index contributed by atoms with van der Waals surface area (Å²) in [5.41, 5.74) is 12.7. The van der Waals surface area contributed by atoms with Gasteiger partial charge in [0.15, 0.2) is 18.3 Å². The molecular formula is C48H59N3O+2. The molecule has 2 aromatic carbocycles. The van der Waals surface area contributed by atoms with Gasteiger partial charge in [-0.1, -0.05) is 111 Å². The van der Waals surface area contributed by atoms with Gasteiger partial charge < -0.3 is 4.74 Å². The maximum absolute atomic E-state index is 6.69. The number of aliphatic imine (C=N–C) groups is 1. The summed E-state index contributed by atoms with van der Waals surface area (Å²) in [5, 5.41) is 0. The number of rotatable bonds is 10. The highest BCUT2D eigenvalue weighted by Gasteiger charge is 2.55. The fourth-order valence-electron chi connectivity index (χ4n) is 8.56. The molecule has 0 radical (unpaired) electrons. The summed E-state index contributed by atoms with van der Waals surface area (Å²) in [6.07, 6.45) is 7.81. The topological polar surface area (TPSA) is 29.3 Å². The molecule has 4 nitrogen and oxygen atoms in total. The Labute approximate surface area is 313 Å². The fourth-order valence-corrected chi connectivity index (χ4v) is 8.56. The van der Waals surface area contributed by atoms with Crippen molar-refractivity contribution in [1.29, 1.82) is 0 Å². The number of allylic oxidation sites excluding steroid dienone is 3. The smallest absolute Gasteiger partial charge is 0.243 e. The lowest BCUT2D eigenvalue weighted by Gasteiger charge is -2.32. The molecule has 4 heterocycles. The van der Waals surface area contributed by atoms with Gasteiger partial charge in [-0.25, -0.2) is 0 Å². The van der Waals surface area contributed by atoms with Crippen LogP contribution in [0, 0.1) is 12.8 Å². The largest absolute Gasteiger partial charge is 0.443 e. The number of aryl methyl sites for hydroxylation is 1. The average molecular weight is 694 g/mol. The van der Waals surface area contributed by atoms with E-state index in [-0.39, 0.29) is 35.3 Å². The third-order valence-electron chi connectivity index (χ3n) is 11.5. The zero-order valence-corrected chi connectivity index (χ0v) is 33.2. The number of fused-ring (bicyclic) bond motifs is 4. The van der Waals surface area contributed by atoms with Crippen LogP contribution in [0.3, 0.4) is 0 Å². The van der Waals surface area contributed by atoms with Crippen molar-refractivity contribution in [3.05, 3.63) is 149 Å². The summed E-state index contributed by atoms with van der Waals surface area (Å²) in [6.45, 7) is 32.3. The summed E-state index contributed by atoms with van der Waals surface area (Å²) in [7, 11) is 0. The number of pyridine rings is 2. The maximum Gasteiger partial charge on any atom is 0.243 e. The minimum absolute atomic E-state index is 0.0148. The van der Waals surface area contributed by atoms with E-state index in [0.717, 1.165) is 17.7 Å². The quantitative estimate of drug-likeness (QED) is 0.0534. The van der Waals surface area contributed by atoms with E-state index in [2.05, 4.69) is 176 Å². The second kappa shape index (κ2) is 14.8. The standard InChI is InChI=1S/C48H59N3O/c1-13-31(5)44-45(34(8)52-35(9)49-28-32(6)37-21-19-20-36(26-37)30(3)4)43-27-41(48(10,11)12)33(7)29-51(43)47(44)46-38(14-2)39-22-15-16-23-40(39)42-24-17-18-25-50(42)46/h14-27,29-32,38,46-47H,2,8,13,28H2,1,3-7,9-12H3/q+2/b49-35-. The Bertz CT molecular complexity index is 2060. The summed E-state index contributed by atoms with van der Waals surface area (Å²) >= 11 is 0. The van der Waals surface area contributed by atoms with Gasteiger partial charge in [0.2, 0.25) is 23.5 Å². The lowest BCUT2D eigenvalue weighted by atomic mass is 9.76. The van der Waals surface area contributed by atoms with Crippen molar-refractivity contribution in [2.45, 2.75) is 111 Å². The molecule has 2 aliphatic heterocycles. The first-order valence-electron chi connectivity index (χ1n) is 19.3. The van der Waals surface area contributed by atoms with Gasteiger partial charge in [-0.2, -0.15) is 9.13 Å². The Kier molecular flexibility index (Phi) is 10.6. The number of ether oxygens (including phenoxy) is 1. The first kappa shape index (κ1) is 37.2. The summed E-state index contributed by atoms with van der Waals surface area (Å²) < 4.78 is 11.7. The van der Waals surface area contributed by atoms with Crippen molar-refractivity contribution in [2.75, 3.05) is 6.54 Å². The zero-order valence-electron chi connectivity index (χ0n) is 33.2. The number of hydrogen-bond acceptors (Lipinski definition) is 2. The number of hydrogen-bond donors (Lipinski definition) is 0. The van der Waals surface area contributed by atoms with E-state index in [0.29, 0.717) is 24.1 Å². The summed E-state index contributed by atoms with van der Waals surface area (Å²) in [5.74, 6) is 2.44. The highest BCUT2D eigenvalue weighted by atomic mass is 16.5. The molecule has 0 saturated heterocycles. The fraction of sp³-hybridized carbons (Fsp3) is 0.396. The monoisotopic (exact) mass is 693 g/mol. The van der Waals surface area contributed by atoms with Crippen LogP contribution in [0.4, 0.5) is 0 Å². The number of aromatic nitrogens is 2. The van der Waals surface area contributed by atoms with Gasteiger partial charge in [-0.05, 0) is 65.0 Å². The van der Waals surface area contributed by atoms with Crippen LogP contribution in [0.2, 0.25) is 0 Å². The van der Waals surface area contributed by atoms with Crippen molar-refractivity contribution in [3.8, 4) is 11.3 Å². The van der Waals surface area contributed by atoms with Crippen LogP contribution in [0.1, 0.15) is 132 Å². The van der Waals surface area contributed by atoms with E-state index in [1.54, 1.807) is 0 Å². The SMILES string of the molecule is C=CC1c2ccccc2-c2cccc[n+]2C1C1C(C(C)CC)=C(C(=C)O/C(C)=N\CC(C)c2cccc(C(C)C)c2)c2cc(C(C)(C)C)c(C)c[n+]21. The first-order chi connectivity index (χ1) is 24.8. The molecule has 0 aliphatic carbocycles. The van der Waals surface area contributed by atoms with Crippen molar-refractivity contribution in [3.63, 3.8) is 0 Å². The van der Waals surface area contributed by atoms with Crippen LogP contribution in [0.5, 0.6) is 0 Å². The van der Waals surface area contributed by atoms with Gasteiger partial charge in [0, 0.05) is 48.7 Å². The lowest BCUT2D eigenvalue weighted by Crippen LogP contribution is -2.57. The molecule has 0 N–H and O–H groups in total. The second-order valence-electron chi connectivity index (χ2n) is 16.4. The minimum Gasteiger partial charge on any atom is -0.443 e. The highest BCUT2D eigenvalue weighted by Crippen LogP contribution is 2.50. The lowest BCUT2D eigenvalue weighted by molar-refractivity contribution is -0.806. The van der Waals surface area contributed by atoms with Gasteiger partial charge >= 0.3 is 0 Å². The summed E-state index contributed by atoms with van der Waals surface area (Å²) in [6, 6.07) is 26.8. The molecule has 2 aliphatic rings. The molecule has 270 valence electrons. The van der Waals surface area contributed by atoms with E-state index < -0.39 is 0 Å². The molecule has 4 aromatic rings. The van der Waals surface area contributed by atoms with Gasteiger partial charge in [0.05, 0.1) is 17.1 Å². The van der Waals surface area contributed by atoms with Crippen LogP contribution in [-0.4, -0.2) is 12.4 Å². The Balaban J connectivity index is 1.48. The van der Waals surface area contributed by atoms with Gasteiger partial charge in [0.25, 0.3) is 0 Å². The predicted molar refractivity (Wildman–Crippen MR) is 217 cm³/mol. The molecular weight excluding hydrogens is 635 g/mol. The van der Waals surface area contributed by atoms with E-state index in [1.807, 2.05) is 6.92 Å². The molecule has 0 amide bonds. The van der Waals surface area contributed by atoms with Gasteiger partial charge in [0.1, 0.15) is 5.76 Å². The molecule has 0 spiro atoms. The highest BCUT2D eigenvalue weighted by molar-refractivity contribution is 5.84. The molecule has 2 aromatic heterocycles. The third-order valence-corrected chi connectivity index (χ3v) is 11.5. The molecule has 52 heavy (non-hydrogen) atoms. The molecule has 4 heteroatoms. The Morgan fingerprint density at radius 3 is 2.31 bits per heavy atom. The molecule has 0 bridgehead atoms. The van der Waals surface area contributed by atoms with E-state index in [4.69, 9.17) is 9.73 Å². The minimum atomic E-state index is -0.0310. The second-order valence-corrected chi connectivity index (χ2v) is 16.4. The average Bonchev–Trinajstić information content (AvgIpc) is 3.45. The van der Waals surface area contributed by atoms with Crippen LogP contribution in [-0.2, 0) is 10.2 Å². The first-order valence-corrected chi connectivity index (χ1v) is 19.3. The summed E-state index contributed by atoms with van der Waals surface area (Å²) in [4.78, 5) is 4.98. The normalized spacial score (nSPS) is 19.5.